The molecule has 1 heterocycles. The van der Waals surface area contributed by atoms with Gasteiger partial charge in [0.15, 0.2) is 0 Å². The van der Waals surface area contributed by atoms with Crippen molar-refractivity contribution in [3.8, 4) is 0 Å². The van der Waals surface area contributed by atoms with Crippen LogP contribution in [0.3, 0.4) is 0 Å². The Balaban J connectivity index is 2.56. The molecule has 1 rings (SSSR count). The number of carbonyl (C=O) groups excluding carboxylic acids is 1. The molecule has 0 spiro atoms. The van der Waals surface area contributed by atoms with Gasteiger partial charge in [-0.25, -0.2) is 4.39 Å². The van der Waals surface area contributed by atoms with Crippen LogP contribution in [0, 0.1) is 12.7 Å². The number of halogens is 1. The fourth-order valence-corrected chi connectivity index (χ4v) is 1.82. The third-order valence-corrected chi connectivity index (χ3v) is 2.70. The molecule has 0 saturated carbocycles. The molecule has 0 atom stereocenters. The van der Waals surface area contributed by atoms with Gasteiger partial charge in [-0.2, -0.15) is 0 Å². The summed E-state index contributed by atoms with van der Waals surface area (Å²) in [6.07, 6.45) is 0. The summed E-state index contributed by atoms with van der Waals surface area (Å²) in [5, 5.41) is 5.51. The number of carbonyl (C=O) groups is 1. The molecule has 14 heavy (non-hydrogen) atoms. The third-order valence-electron chi connectivity index (χ3n) is 1.68. The van der Waals surface area contributed by atoms with Crippen molar-refractivity contribution >= 4 is 17.2 Å². The van der Waals surface area contributed by atoms with Crippen LogP contribution in [0.2, 0.25) is 0 Å². The smallest absolute Gasteiger partial charge is 0.264 e. The molecule has 0 aliphatic carbocycles. The minimum Gasteiger partial charge on any atom is -0.350 e. The topological polar surface area (TPSA) is 41.1 Å². The zero-order valence-corrected chi connectivity index (χ0v) is 9.00. The quantitative estimate of drug-likeness (QED) is 0.741. The minimum absolute atomic E-state index is 0.165. The highest BCUT2D eigenvalue weighted by atomic mass is 32.1. The predicted octanol–water partition coefficient (Wildman–Crippen LogP) is 1.14. The Morgan fingerprint density at radius 1 is 1.57 bits per heavy atom. The van der Waals surface area contributed by atoms with Crippen molar-refractivity contribution in [2.45, 2.75) is 6.92 Å². The summed E-state index contributed by atoms with van der Waals surface area (Å²) >= 11 is 1.17. The second kappa shape index (κ2) is 5.07. The van der Waals surface area contributed by atoms with Gasteiger partial charge in [-0.3, -0.25) is 4.79 Å². The van der Waals surface area contributed by atoms with Crippen molar-refractivity contribution in [3.63, 3.8) is 0 Å². The van der Waals surface area contributed by atoms with Crippen molar-refractivity contribution < 1.29 is 9.18 Å². The first kappa shape index (κ1) is 11.1. The number of thiophene rings is 1. The first-order chi connectivity index (χ1) is 6.65. The molecule has 0 fully saturated rings. The van der Waals surface area contributed by atoms with Crippen LogP contribution in [0.25, 0.3) is 0 Å². The monoisotopic (exact) mass is 216 g/mol. The third kappa shape index (κ3) is 2.78. The SMILES string of the molecule is CNCCNC(=O)c1sc(C)cc1F. The van der Waals surface area contributed by atoms with Gasteiger partial charge in [0.2, 0.25) is 0 Å². The maximum atomic E-state index is 13.1. The van der Waals surface area contributed by atoms with Gasteiger partial charge in [-0.05, 0) is 20.0 Å². The molecule has 78 valence electrons. The zero-order chi connectivity index (χ0) is 10.6. The highest BCUT2D eigenvalue weighted by molar-refractivity contribution is 7.14. The Labute approximate surface area is 86.3 Å². The lowest BCUT2D eigenvalue weighted by Gasteiger charge is -2.02. The van der Waals surface area contributed by atoms with E-state index in [2.05, 4.69) is 10.6 Å². The predicted molar refractivity (Wildman–Crippen MR) is 55.3 cm³/mol. The summed E-state index contributed by atoms with van der Waals surface area (Å²) in [5.74, 6) is -0.773. The standard InChI is InChI=1S/C9H13FN2OS/c1-6-5-7(10)8(14-6)9(13)12-4-3-11-2/h5,11H,3-4H2,1-2H3,(H,12,13). The largest absolute Gasteiger partial charge is 0.350 e. The highest BCUT2D eigenvalue weighted by Crippen LogP contribution is 2.19. The van der Waals surface area contributed by atoms with Gasteiger partial charge in [-0.1, -0.05) is 0 Å². The summed E-state index contributed by atoms with van der Waals surface area (Å²) in [7, 11) is 1.79. The Bertz CT molecular complexity index is 325. The molecule has 0 radical (unpaired) electrons. The van der Waals surface area contributed by atoms with Gasteiger partial charge in [0.1, 0.15) is 10.7 Å². The number of rotatable bonds is 4. The van der Waals surface area contributed by atoms with Crippen molar-refractivity contribution in [3.05, 3.63) is 21.6 Å². The fraction of sp³-hybridized carbons (Fsp3) is 0.444. The highest BCUT2D eigenvalue weighted by Gasteiger charge is 2.13. The van der Waals surface area contributed by atoms with E-state index in [9.17, 15) is 9.18 Å². The zero-order valence-electron chi connectivity index (χ0n) is 8.19. The van der Waals surface area contributed by atoms with Gasteiger partial charge in [0, 0.05) is 18.0 Å². The maximum absolute atomic E-state index is 13.1. The van der Waals surface area contributed by atoms with Gasteiger partial charge in [0.05, 0.1) is 0 Å². The maximum Gasteiger partial charge on any atom is 0.264 e. The number of aryl methyl sites for hydroxylation is 1. The first-order valence-corrected chi connectivity index (χ1v) is 5.15. The molecule has 0 saturated heterocycles. The van der Waals surface area contributed by atoms with Crippen molar-refractivity contribution in [2.24, 2.45) is 0 Å². The molecule has 0 aromatic carbocycles. The van der Waals surface area contributed by atoms with Crippen molar-refractivity contribution in [1.29, 1.82) is 0 Å². The van der Waals surface area contributed by atoms with Crippen LogP contribution >= 0.6 is 11.3 Å². The lowest BCUT2D eigenvalue weighted by molar-refractivity contribution is 0.0954. The number of likely N-dealkylation sites (N-methyl/N-ethyl adjacent to an activating group) is 1. The van der Waals surface area contributed by atoms with E-state index in [4.69, 9.17) is 0 Å². The van der Waals surface area contributed by atoms with Crippen LogP contribution in [0.1, 0.15) is 14.5 Å². The lowest BCUT2D eigenvalue weighted by atomic mass is 10.4. The number of hydrogen-bond donors (Lipinski definition) is 2. The lowest BCUT2D eigenvalue weighted by Crippen LogP contribution is -2.30. The van der Waals surface area contributed by atoms with Crippen LogP contribution in [0.4, 0.5) is 4.39 Å². The van der Waals surface area contributed by atoms with E-state index in [1.54, 1.807) is 14.0 Å². The second-order valence-electron chi connectivity index (χ2n) is 2.89. The van der Waals surface area contributed by atoms with E-state index in [0.29, 0.717) is 13.1 Å². The molecule has 0 aliphatic heterocycles. The van der Waals surface area contributed by atoms with Crippen LogP contribution in [0.15, 0.2) is 6.07 Å². The molecule has 1 aromatic rings. The Hall–Kier alpha value is -0.940. The second-order valence-corrected chi connectivity index (χ2v) is 4.15. The summed E-state index contributed by atoms with van der Waals surface area (Å²) in [6.45, 7) is 2.96. The molecule has 2 N–H and O–H groups in total. The van der Waals surface area contributed by atoms with E-state index >= 15 is 0 Å². The molecule has 0 bridgehead atoms. The molecule has 0 unspecified atom stereocenters. The minimum atomic E-state index is -0.436. The van der Waals surface area contributed by atoms with Gasteiger partial charge >= 0.3 is 0 Å². The van der Waals surface area contributed by atoms with E-state index in [0.717, 1.165) is 4.88 Å². The van der Waals surface area contributed by atoms with Crippen LogP contribution < -0.4 is 10.6 Å². The summed E-state index contributed by atoms with van der Waals surface area (Å²) in [5.41, 5.74) is 0. The Kier molecular flexibility index (Phi) is 4.03. The van der Waals surface area contributed by atoms with Crippen LogP contribution in [0.5, 0.6) is 0 Å². The molecule has 0 aliphatic rings. The van der Waals surface area contributed by atoms with Crippen LogP contribution in [-0.4, -0.2) is 26.0 Å². The number of amides is 1. The molecular weight excluding hydrogens is 203 g/mol. The van der Waals surface area contributed by atoms with Gasteiger partial charge in [0.25, 0.3) is 5.91 Å². The summed E-state index contributed by atoms with van der Waals surface area (Å²) < 4.78 is 13.1. The Morgan fingerprint density at radius 2 is 2.29 bits per heavy atom. The number of hydrogen-bond acceptors (Lipinski definition) is 3. The summed E-state index contributed by atoms with van der Waals surface area (Å²) in [4.78, 5) is 12.4. The fourth-order valence-electron chi connectivity index (χ4n) is 1.02. The average Bonchev–Trinajstić information content (AvgIpc) is 2.45. The van der Waals surface area contributed by atoms with E-state index < -0.39 is 5.82 Å². The molecular formula is C9H13FN2OS. The molecule has 3 nitrogen and oxygen atoms in total. The first-order valence-electron chi connectivity index (χ1n) is 4.34. The van der Waals surface area contributed by atoms with Crippen molar-refractivity contribution in [2.75, 3.05) is 20.1 Å². The van der Waals surface area contributed by atoms with E-state index in [1.165, 1.54) is 17.4 Å². The van der Waals surface area contributed by atoms with Gasteiger partial charge < -0.3 is 10.6 Å². The molecule has 1 amide bonds. The Morgan fingerprint density at radius 3 is 2.79 bits per heavy atom. The van der Waals surface area contributed by atoms with Crippen molar-refractivity contribution in [1.82, 2.24) is 10.6 Å². The van der Waals surface area contributed by atoms with E-state index in [1.807, 2.05) is 0 Å². The number of nitrogens with one attached hydrogen (secondary N) is 2. The molecule has 5 heteroatoms. The normalized spacial score (nSPS) is 10.2. The van der Waals surface area contributed by atoms with Gasteiger partial charge in [-0.15, -0.1) is 11.3 Å². The molecule has 1 aromatic heterocycles. The van der Waals surface area contributed by atoms with Crippen LogP contribution in [-0.2, 0) is 0 Å². The average molecular weight is 216 g/mol. The summed E-state index contributed by atoms with van der Waals surface area (Å²) in [6, 6.07) is 1.37. The van der Waals surface area contributed by atoms with E-state index in [-0.39, 0.29) is 10.8 Å².